The lowest BCUT2D eigenvalue weighted by Gasteiger charge is -2.21. The minimum atomic E-state index is -0.484. The van der Waals surface area contributed by atoms with Gasteiger partial charge in [-0.25, -0.2) is 0 Å². The van der Waals surface area contributed by atoms with E-state index in [1.54, 1.807) is 13.0 Å². The average molecular weight is 254 g/mol. The molecule has 2 N–H and O–H groups in total. The van der Waals surface area contributed by atoms with E-state index < -0.39 is 5.91 Å². The molecule has 18 heavy (non-hydrogen) atoms. The van der Waals surface area contributed by atoms with Crippen LogP contribution in [0.15, 0.2) is 11.6 Å². The van der Waals surface area contributed by atoms with Crippen molar-refractivity contribution >= 4 is 11.9 Å². The molecule has 0 aromatic rings. The first-order chi connectivity index (χ1) is 8.45. The van der Waals surface area contributed by atoms with Crippen LogP contribution in [-0.2, 0) is 14.3 Å². The van der Waals surface area contributed by atoms with Gasteiger partial charge in [0, 0.05) is 5.57 Å². The SMILES string of the molecule is CCC(C=C(C)C(N)=O)OC(=O)C1CCCN1C. The molecular weight excluding hydrogens is 232 g/mol. The van der Waals surface area contributed by atoms with Gasteiger partial charge in [0.15, 0.2) is 0 Å². The number of carbonyl (C=O) groups excluding carboxylic acids is 2. The predicted molar refractivity (Wildman–Crippen MR) is 68.8 cm³/mol. The van der Waals surface area contributed by atoms with Gasteiger partial charge in [0.1, 0.15) is 12.1 Å². The molecule has 1 fully saturated rings. The molecule has 0 saturated carbocycles. The lowest BCUT2D eigenvalue weighted by atomic mass is 10.1. The Bertz CT molecular complexity index is 352. The smallest absolute Gasteiger partial charge is 0.323 e. The molecule has 1 saturated heterocycles. The predicted octanol–water partition coefficient (Wildman–Crippen LogP) is 0.834. The number of likely N-dealkylation sites (tertiary alicyclic amines) is 1. The Labute approximate surface area is 108 Å². The molecule has 1 heterocycles. The van der Waals surface area contributed by atoms with Crippen LogP contribution < -0.4 is 5.73 Å². The Morgan fingerprint density at radius 3 is 2.67 bits per heavy atom. The van der Waals surface area contributed by atoms with E-state index in [1.165, 1.54) is 0 Å². The molecule has 0 spiro atoms. The van der Waals surface area contributed by atoms with Gasteiger partial charge in [0.05, 0.1) is 0 Å². The molecule has 2 atom stereocenters. The number of amides is 1. The van der Waals surface area contributed by atoms with Crippen molar-refractivity contribution < 1.29 is 14.3 Å². The number of nitrogens with zero attached hydrogens (tertiary/aromatic N) is 1. The van der Waals surface area contributed by atoms with Crippen molar-refractivity contribution in [2.75, 3.05) is 13.6 Å². The van der Waals surface area contributed by atoms with Gasteiger partial charge in [-0.3, -0.25) is 14.5 Å². The molecule has 5 nitrogen and oxygen atoms in total. The molecule has 1 rings (SSSR count). The molecule has 0 aromatic heterocycles. The van der Waals surface area contributed by atoms with Crippen LogP contribution in [0.2, 0.25) is 0 Å². The summed E-state index contributed by atoms with van der Waals surface area (Å²) in [5, 5.41) is 0. The van der Waals surface area contributed by atoms with Crippen LogP contribution in [0.5, 0.6) is 0 Å². The van der Waals surface area contributed by atoms with E-state index in [9.17, 15) is 9.59 Å². The van der Waals surface area contributed by atoms with Crippen molar-refractivity contribution in [2.45, 2.75) is 45.3 Å². The molecule has 5 heteroatoms. The summed E-state index contributed by atoms with van der Waals surface area (Å²) in [4.78, 5) is 24.9. The van der Waals surface area contributed by atoms with E-state index in [0.29, 0.717) is 12.0 Å². The fraction of sp³-hybridized carbons (Fsp3) is 0.692. The van der Waals surface area contributed by atoms with Crippen molar-refractivity contribution in [3.63, 3.8) is 0 Å². The minimum absolute atomic E-state index is 0.152. The molecule has 1 aliphatic rings. The Morgan fingerprint density at radius 1 is 1.56 bits per heavy atom. The van der Waals surface area contributed by atoms with Crippen LogP contribution in [0.1, 0.15) is 33.1 Å². The summed E-state index contributed by atoms with van der Waals surface area (Å²) >= 11 is 0. The number of esters is 1. The van der Waals surface area contributed by atoms with Gasteiger partial charge in [0.25, 0.3) is 0 Å². The number of hydrogen-bond acceptors (Lipinski definition) is 4. The van der Waals surface area contributed by atoms with E-state index in [4.69, 9.17) is 10.5 Å². The number of carbonyl (C=O) groups is 2. The maximum atomic E-state index is 12.0. The Kier molecular flexibility index (Phi) is 5.34. The van der Waals surface area contributed by atoms with Crippen LogP contribution in [0.3, 0.4) is 0 Å². The zero-order chi connectivity index (χ0) is 13.7. The highest BCUT2D eigenvalue weighted by atomic mass is 16.5. The third-order valence-corrected chi connectivity index (χ3v) is 3.29. The first kappa shape index (κ1) is 14.7. The van der Waals surface area contributed by atoms with E-state index >= 15 is 0 Å². The van der Waals surface area contributed by atoms with Gasteiger partial charge in [-0.05, 0) is 45.9 Å². The topological polar surface area (TPSA) is 72.6 Å². The van der Waals surface area contributed by atoms with Gasteiger partial charge in [-0.1, -0.05) is 6.92 Å². The summed E-state index contributed by atoms with van der Waals surface area (Å²) in [5.41, 5.74) is 5.58. The Hall–Kier alpha value is -1.36. The summed E-state index contributed by atoms with van der Waals surface area (Å²) in [5.74, 6) is -0.696. The second-order valence-electron chi connectivity index (χ2n) is 4.74. The first-order valence-electron chi connectivity index (χ1n) is 6.34. The van der Waals surface area contributed by atoms with Crippen LogP contribution in [0.25, 0.3) is 0 Å². The van der Waals surface area contributed by atoms with Crippen molar-refractivity contribution in [1.82, 2.24) is 4.90 Å². The fourth-order valence-electron chi connectivity index (χ4n) is 2.03. The normalized spacial score (nSPS) is 22.8. The fourth-order valence-corrected chi connectivity index (χ4v) is 2.03. The monoisotopic (exact) mass is 254 g/mol. The maximum absolute atomic E-state index is 12.0. The second-order valence-corrected chi connectivity index (χ2v) is 4.74. The second kappa shape index (κ2) is 6.54. The third kappa shape index (κ3) is 3.84. The molecular formula is C13H22N2O3. The van der Waals surface area contributed by atoms with E-state index in [1.807, 2.05) is 18.9 Å². The lowest BCUT2D eigenvalue weighted by Crippen LogP contribution is -2.36. The van der Waals surface area contributed by atoms with E-state index in [-0.39, 0.29) is 18.1 Å². The van der Waals surface area contributed by atoms with Crippen molar-refractivity contribution in [3.8, 4) is 0 Å². The highest BCUT2D eigenvalue weighted by molar-refractivity contribution is 5.91. The van der Waals surface area contributed by atoms with E-state index in [2.05, 4.69) is 0 Å². The average Bonchev–Trinajstić information content (AvgIpc) is 2.74. The van der Waals surface area contributed by atoms with Crippen LogP contribution in [0.4, 0.5) is 0 Å². The van der Waals surface area contributed by atoms with Gasteiger partial charge >= 0.3 is 5.97 Å². The lowest BCUT2D eigenvalue weighted by molar-refractivity contribution is -0.152. The standard InChI is InChI=1S/C13H22N2O3/c1-4-10(8-9(2)12(14)16)18-13(17)11-6-5-7-15(11)3/h8,10-11H,4-7H2,1-3H3,(H2,14,16). The van der Waals surface area contributed by atoms with Crippen LogP contribution in [0, 0.1) is 0 Å². The molecule has 0 aliphatic carbocycles. The van der Waals surface area contributed by atoms with Gasteiger partial charge in [0.2, 0.25) is 5.91 Å². The quantitative estimate of drug-likeness (QED) is 0.582. The highest BCUT2D eigenvalue weighted by Crippen LogP contribution is 2.17. The summed E-state index contributed by atoms with van der Waals surface area (Å²) < 4.78 is 5.41. The van der Waals surface area contributed by atoms with Crippen molar-refractivity contribution in [1.29, 1.82) is 0 Å². The summed E-state index contributed by atoms with van der Waals surface area (Å²) in [6, 6.07) is -0.152. The molecule has 1 amide bonds. The summed E-state index contributed by atoms with van der Waals surface area (Å²) in [7, 11) is 1.92. The number of hydrogen-bond donors (Lipinski definition) is 1. The summed E-state index contributed by atoms with van der Waals surface area (Å²) in [6.07, 6.45) is 3.73. The number of rotatable bonds is 5. The number of primary amides is 1. The number of likely N-dealkylation sites (N-methyl/N-ethyl adjacent to an activating group) is 1. The minimum Gasteiger partial charge on any atom is -0.457 e. The van der Waals surface area contributed by atoms with Gasteiger partial charge < -0.3 is 10.5 Å². The molecule has 0 aromatic carbocycles. The van der Waals surface area contributed by atoms with E-state index in [0.717, 1.165) is 19.4 Å². The molecule has 2 unspecified atom stereocenters. The zero-order valence-electron chi connectivity index (χ0n) is 11.3. The highest BCUT2D eigenvalue weighted by Gasteiger charge is 2.30. The third-order valence-electron chi connectivity index (χ3n) is 3.29. The Balaban J connectivity index is 2.60. The van der Waals surface area contributed by atoms with Gasteiger partial charge in [-0.15, -0.1) is 0 Å². The zero-order valence-corrected chi connectivity index (χ0v) is 11.3. The largest absolute Gasteiger partial charge is 0.457 e. The van der Waals surface area contributed by atoms with Crippen LogP contribution in [-0.4, -0.2) is 42.5 Å². The Morgan fingerprint density at radius 2 is 2.22 bits per heavy atom. The summed E-state index contributed by atoms with van der Waals surface area (Å²) in [6.45, 7) is 4.45. The molecule has 0 radical (unpaired) electrons. The number of nitrogens with two attached hydrogens (primary N) is 1. The van der Waals surface area contributed by atoms with Gasteiger partial charge in [-0.2, -0.15) is 0 Å². The van der Waals surface area contributed by atoms with Crippen LogP contribution >= 0.6 is 0 Å². The first-order valence-corrected chi connectivity index (χ1v) is 6.34. The molecule has 1 aliphatic heterocycles. The maximum Gasteiger partial charge on any atom is 0.323 e. The van der Waals surface area contributed by atoms with Crippen molar-refractivity contribution in [3.05, 3.63) is 11.6 Å². The van der Waals surface area contributed by atoms with Crippen molar-refractivity contribution in [2.24, 2.45) is 5.73 Å². The molecule has 102 valence electrons. The molecule has 0 bridgehead atoms. The number of ether oxygens (including phenoxy) is 1.